The molecule has 0 aromatic heterocycles. The lowest BCUT2D eigenvalue weighted by atomic mass is 9.98. The van der Waals surface area contributed by atoms with Gasteiger partial charge in [0.2, 0.25) is 0 Å². The molecule has 16 heavy (non-hydrogen) atoms. The normalized spacial score (nSPS) is 24.6. The third-order valence-corrected chi connectivity index (χ3v) is 3.55. The lowest BCUT2D eigenvalue weighted by molar-refractivity contribution is 0.209. The lowest BCUT2D eigenvalue weighted by Crippen LogP contribution is -2.45. The van der Waals surface area contributed by atoms with Gasteiger partial charge in [-0.25, -0.2) is 0 Å². The van der Waals surface area contributed by atoms with Crippen LogP contribution in [0.25, 0.3) is 0 Å². The first kappa shape index (κ1) is 13.9. The predicted molar refractivity (Wildman–Crippen MR) is 68.6 cm³/mol. The van der Waals surface area contributed by atoms with Crippen molar-refractivity contribution >= 4 is 0 Å². The number of rotatable bonds is 7. The Morgan fingerprint density at radius 2 is 2.25 bits per heavy atom. The molecule has 0 saturated carbocycles. The average molecular weight is 228 g/mol. The molecule has 1 rings (SSSR count). The Labute approximate surface area is 100 Å². The smallest absolute Gasteiger partial charge is 0.0434 e. The minimum absolute atomic E-state index is 0.330. The highest BCUT2D eigenvalue weighted by Gasteiger charge is 2.17. The maximum atomic E-state index is 9.01. The zero-order chi connectivity index (χ0) is 11.8. The first-order valence-corrected chi connectivity index (χ1v) is 6.79. The molecule has 0 spiro atoms. The summed E-state index contributed by atoms with van der Waals surface area (Å²) >= 11 is 0. The number of aliphatic hydroxyl groups excluding tert-OH is 1. The van der Waals surface area contributed by atoms with E-state index in [9.17, 15) is 0 Å². The number of hydrogen-bond acceptors (Lipinski definition) is 3. The Hall–Kier alpha value is -0.120. The van der Waals surface area contributed by atoms with Crippen LogP contribution in [0, 0.1) is 5.92 Å². The van der Waals surface area contributed by atoms with Gasteiger partial charge in [0.1, 0.15) is 0 Å². The fraction of sp³-hybridized carbons (Fsp3) is 1.00. The van der Waals surface area contributed by atoms with Crippen molar-refractivity contribution in [1.82, 2.24) is 10.2 Å². The Morgan fingerprint density at radius 3 is 2.88 bits per heavy atom. The van der Waals surface area contributed by atoms with Crippen molar-refractivity contribution in [2.24, 2.45) is 5.92 Å². The van der Waals surface area contributed by atoms with Crippen LogP contribution < -0.4 is 5.32 Å². The van der Waals surface area contributed by atoms with Crippen LogP contribution in [0.5, 0.6) is 0 Å². The molecule has 0 aliphatic carbocycles. The molecule has 0 aromatic carbocycles. The minimum Gasteiger partial charge on any atom is -0.396 e. The maximum Gasteiger partial charge on any atom is 0.0434 e. The van der Waals surface area contributed by atoms with Crippen molar-refractivity contribution in [3.05, 3.63) is 0 Å². The van der Waals surface area contributed by atoms with Crippen molar-refractivity contribution in [2.75, 3.05) is 33.3 Å². The Kier molecular flexibility index (Phi) is 7.01. The van der Waals surface area contributed by atoms with Gasteiger partial charge in [0, 0.05) is 19.2 Å². The summed E-state index contributed by atoms with van der Waals surface area (Å²) in [7, 11) is 2.20. The van der Waals surface area contributed by atoms with Gasteiger partial charge in [-0.15, -0.1) is 0 Å². The molecule has 1 aliphatic rings. The molecule has 1 aliphatic heterocycles. The van der Waals surface area contributed by atoms with Crippen LogP contribution in [0.3, 0.4) is 0 Å². The molecule has 1 heterocycles. The highest BCUT2D eigenvalue weighted by molar-refractivity contribution is 4.77. The zero-order valence-electron chi connectivity index (χ0n) is 10.9. The molecule has 2 unspecified atom stereocenters. The lowest BCUT2D eigenvalue weighted by Gasteiger charge is -2.31. The first-order chi connectivity index (χ1) is 7.76. The number of likely N-dealkylation sites (tertiary alicyclic amines) is 1. The summed E-state index contributed by atoms with van der Waals surface area (Å²) in [6.07, 6.45) is 6.02. The number of aliphatic hydroxyl groups is 1. The van der Waals surface area contributed by atoms with Gasteiger partial charge in [-0.2, -0.15) is 0 Å². The fourth-order valence-electron chi connectivity index (χ4n) is 2.61. The molecule has 0 radical (unpaired) electrons. The standard InChI is InChI=1S/C13H28N2O/c1-3-5-12(7-9-16)10-14-13-6-4-8-15(2)11-13/h12-14,16H,3-11H2,1-2H3. The van der Waals surface area contributed by atoms with E-state index in [4.69, 9.17) is 5.11 Å². The summed E-state index contributed by atoms with van der Waals surface area (Å²) in [6, 6.07) is 0.664. The highest BCUT2D eigenvalue weighted by Crippen LogP contribution is 2.12. The number of likely N-dealkylation sites (N-methyl/N-ethyl adjacent to an activating group) is 1. The second-order valence-electron chi connectivity index (χ2n) is 5.18. The van der Waals surface area contributed by atoms with Gasteiger partial charge in [-0.3, -0.25) is 0 Å². The topological polar surface area (TPSA) is 35.5 Å². The molecule has 0 aromatic rings. The second kappa shape index (κ2) is 8.04. The number of nitrogens with one attached hydrogen (secondary N) is 1. The second-order valence-corrected chi connectivity index (χ2v) is 5.18. The van der Waals surface area contributed by atoms with Crippen LogP contribution >= 0.6 is 0 Å². The zero-order valence-corrected chi connectivity index (χ0v) is 10.9. The van der Waals surface area contributed by atoms with E-state index in [-0.39, 0.29) is 0 Å². The van der Waals surface area contributed by atoms with Gasteiger partial charge in [0.15, 0.2) is 0 Å². The fourth-order valence-corrected chi connectivity index (χ4v) is 2.61. The minimum atomic E-state index is 0.330. The number of nitrogens with zero attached hydrogens (tertiary/aromatic N) is 1. The van der Waals surface area contributed by atoms with Crippen LogP contribution in [0.15, 0.2) is 0 Å². The third kappa shape index (κ3) is 5.28. The molecular weight excluding hydrogens is 200 g/mol. The van der Waals surface area contributed by atoms with Gasteiger partial charge >= 0.3 is 0 Å². The Balaban J connectivity index is 2.19. The summed E-state index contributed by atoms with van der Waals surface area (Å²) in [5.41, 5.74) is 0. The molecular formula is C13H28N2O. The summed E-state index contributed by atoms with van der Waals surface area (Å²) < 4.78 is 0. The maximum absolute atomic E-state index is 9.01. The van der Waals surface area contributed by atoms with Crippen molar-refractivity contribution in [3.8, 4) is 0 Å². The van der Waals surface area contributed by atoms with E-state index < -0.39 is 0 Å². The van der Waals surface area contributed by atoms with Crippen LogP contribution in [0.1, 0.15) is 39.0 Å². The third-order valence-electron chi connectivity index (χ3n) is 3.55. The van der Waals surface area contributed by atoms with Gasteiger partial charge in [0.05, 0.1) is 0 Å². The molecule has 0 bridgehead atoms. The van der Waals surface area contributed by atoms with Crippen LogP contribution in [0.2, 0.25) is 0 Å². The molecule has 1 saturated heterocycles. The van der Waals surface area contributed by atoms with E-state index in [1.165, 1.54) is 38.8 Å². The Morgan fingerprint density at radius 1 is 1.44 bits per heavy atom. The molecule has 3 heteroatoms. The van der Waals surface area contributed by atoms with Crippen molar-refractivity contribution in [1.29, 1.82) is 0 Å². The van der Waals surface area contributed by atoms with E-state index in [0.717, 1.165) is 13.0 Å². The summed E-state index contributed by atoms with van der Waals surface area (Å²) in [5.74, 6) is 0.655. The molecule has 0 amide bonds. The largest absolute Gasteiger partial charge is 0.396 e. The van der Waals surface area contributed by atoms with Crippen LogP contribution in [0.4, 0.5) is 0 Å². The SMILES string of the molecule is CCCC(CCO)CNC1CCCN(C)C1. The van der Waals surface area contributed by atoms with Crippen LogP contribution in [-0.2, 0) is 0 Å². The number of piperidine rings is 1. The van der Waals surface area contributed by atoms with E-state index in [1.54, 1.807) is 0 Å². The summed E-state index contributed by atoms with van der Waals surface area (Å²) in [6.45, 7) is 6.05. The molecule has 1 fully saturated rings. The van der Waals surface area contributed by atoms with E-state index in [2.05, 4.69) is 24.2 Å². The summed E-state index contributed by atoms with van der Waals surface area (Å²) in [5, 5.41) is 12.7. The molecule has 3 nitrogen and oxygen atoms in total. The van der Waals surface area contributed by atoms with Gasteiger partial charge < -0.3 is 15.3 Å². The van der Waals surface area contributed by atoms with E-state index in [1.807, 2.05) is 0 Å². The molecule has 2 N–H and O–H groups in total. The van der Waals surface area contributed by atoms with E-state index >= 15 is 0 Å². The molecule has 2 atom stereocenters. The first-order valence-electron chi connectivity index (χ1n) is 6.79. The quantitative estimate of drug-likeness (QED) is 0.692. The number of hydrogen-bond donors (Lipinski definition) is 2. The summed E-state index contributed by atoms with van der Waals surface area (Å²) in [4.78, 5) is 2.40. The van der Waals surface area contributed by atoms with Gasteiger partial charge in [-0.05, 0) is 51.7 Å². The molecule has 96 valence electrons. The average Bonchev–Trinajstić information content (AvgIpc) is 2.27. The van der Waals surface area contributed by atoms with Crippen molar-refractivity contribution in [3.63, 3.8) is 0 Å². The van der Waals surface area contributed by atoms with Crippen LogP contribution in [-0.4, -0.2) is 49.3 Å². The predicted octanol–water partition coefficient (Wildman–Crippen LogP) is 1.47. The monoisotopic (exact) mass is 228 g/mol. The van der Waals surface area contributed by atoms with Gasteiger partial charge in [0.25, 0.3) is 0 Å². The van der Waals surface area contributed by atoms with Crippen molar-refractivity contribution < 1.29 is 5.11 Å². The van der Waals surface area contributed by atoms with Crippen molar-refractivity contribution in [2.45, 2.75) is 45.1 Å². The highest BCUT2D eigenvalue weighted by atomic mass is 16.3. The Bertz CT molecular complexity index is 165. The van der Waals surface area contributed by atoms with E-state index in [0.29, 0.717) is 18.6 Å². The van der Waals surface area contributed by atoms with Gasteiger partial charge in [-0.1, -0.05) is 13.3 Å².